The van der Waals surface area contributed by atoms with Gasteiger partial charge in [-0.15, -0.1) is 0 Å². The Hall–Kier alpha value is -0.800. The maximum Gasteiger partial charge on any atom is 0.120 e. The van der Waals surface area contributed by atoms with Crippen LogP contribution in [0.3, 0.4) is 0 Å². The first kappa shape index (κ1) is 9.29. The lowest BCUT2D eigenvalue weighted by atomic mass is 10.2. The van der Waals surface area contributed by atoms with Gasteiger partial charge in [-0.05, 0) is 26.0 Å². The summed E-state index contributed by atoms with van der Waals surface area (Å²) in [6.07, 6.45) is 1.65. The molecular formula is C9H15NO2. The Kier molecular flexibility index (Phi) is 3.31. The van der Waals surface area contributed by atoms with Crippen LogP contribution >= 0.6 is 0 Å². The first-order valence-corrected chi connectivity index (χ1v) is 4.14. The van der Waals surface area contributed by atoms with Gasteiger partial charge in [-0.3, -0.25) is 0 Å². The van der Waals surface area contributed by atoms with E-state index in [0.717, 1.165) is 5.76 Å². The van der Waals surface area contributed by atoms with E-state index in [4.69, 9.17) is 9.52 Å². The Labute approximate surface area is 72.4 Å². The van der Waals surface area contributed by atoms with E-state index in [9.17, 15) is 0 Å². The number of rotatable bonds is 4. The minimum absolute atomic E-state index is 0.102. The van der Waals surface area contributed by atoms with E-state index in [-0.39, 0.29) is 18.7 Å². The summed E-state index contributed by atoms with van der Waals surface area (Å²) >= 11 is 0. The molecule has 1 unspecified atom stereocenters. The van der Waals surface area contributed by atoms with Gasteiger partial charge in [0.05, 0.1) is 18.9 Å². The number of hydrogen-bond acceptors (Lipinski definition) is 3. The zero-order chi connectivity index (χ0) is 8.97. The van der Waals surface area contributed by atoms with Crippen molar-refractivity contribution >= 4 is 0 Å². The molecule has 2 atom stereocenters. The fourth-order valence-electron chi connectivity index (χ4n) is 1.10. The molecule has 0 aromatic carbocycles. The zero-order valence-corrected chi connectivity index (χ0v) is 7.45. The van der Waals surface area contributed by atoms with Crippen LogP contribution in [0.15, 0.2) is 22.8 Å². The van der Waals surface area contributed by atoms with Crippen LogP contribution in [0.2, 0.25) is 0 Å². The highest BCUT2D eigenvalue weighted by Crippen LogP contribution is 2.12. The number of aliphatic hydroxyl groups excluding tert-OH is 1. The summed E-state index contributed by atoms with van der Waals surface area (Å²) in [5.41, 5.74) is 0. The maximum absolute atomic E-state index is 8.79. The van der Waals surface area contributed by atoms with E-state index in [0.29, 0.717) is 0 Å². The van der Waals surface area contributed by atoms with Crippen molar-refractivity contribution < 1.29 is 9.52 Å². The van der Waals surface area contributed by atoms with Crippen molar-refractivity contribution in [1.82, 2.24) is 5.32 Å². The van der Waals surface area contributed by atoms with Crippen LogP contribution in [0.5, 0.6) is 0 Å². The average molecular weight is 169 g/mol. The molecule has 0 aliphatic heterocycles. The molecule has 1 heterocycles. The van der Waals surface area contributed by atoms with Crippen molar-refractivity contribution in [2.45, 2.75) is 25.9 Å². The monoisotopic (exact) mass is 169 g/mol. The molecule has 0 radical (unpaired) electrons. The summed E-state index contributed by atoms with van der Waals surface area (Å²) in [6.45, 7) is 4.08. The van der Waals surface area contributed by atoms with Gasteiger partial charge in [-0.25, -0.2) is 0 Å². The SMILES string of the molecule is CC(N[C@@H](C)CO)c1ccco1. The van der Waals surface area contributed by atoms with Crippen molar-refractivity contribution in [3.05, 3.63) is 24.2 Å². The zero-order valence-electron chi connectivity index (χ0n) is 7.45. The van der Waals surface area contributed by atoms with Gasteiger partial charge in [0.15, 0.2) is 0 Å². The van der Waals surface area contributed by atoms with E-state index < -0.39 is 0 Å². The maximum atomic E-state index is 8.79. The predicted molar refractivity (Wildman–Crippen MR) is 46.8 cm³/mol. The standard InChI is InChI=1S/C9H15NO2/c1-7(6-11)10-8(2)9-4-3-5-12-9/h3-5,7-8,10-11H,6H2,1-2H3/t7-,8?/m0/s1. The lowest BCUT2D eigenvalue weighted by molar-refractivity contribution is 0.238. The van der Waals surface area contributed by atoms with Crippen molar-refractivity contribution in [2.24, 2.45) is 0 Å². The molecule has 0 saturated carbocycles. The van der Waals surface area contributed by atoms with Gasteiger partial charge in [0.1, 0.15) is 5.76 Å². The third-order valence-electron chi connectivity index (χ3n) is 1.78. The molecule has 0 amide bonds. The predicted octanol–water partition coefficient (Wildman–Crippen LogP) is 1.31. The lowest BCUT2D eigenvalue weighted by Crippen LogP contribution is -2.31. The van der Waals surface area contributed by atoms with Crippen molar-refractivity contribution in [3.63, 3.8) is 0 Å². The Bertz CT molecular complexity index is 208. The molecule has 0 spiro atoms. The van der Waals surface area contributed by atoms with E-state index in [2.05, 4.69) is 5.32 Å². The molecule has 0 fully saturated rings. The summed E-state index contributed by atoms with van der Waals surface area (Å²) < 4.78 is 5.20. The molecular weight excluding hydrogens is 154 g/mol. The van der Waals surface area contributed by atoms with Crippen LogP contribution in [-0.4, -0.2) is 17.8 Å². The van der Waals surface area contributed by atoms with Crippen LogP contribution in [0.25, 0.3) is 0 Å². The van der Waals surface area contributed by atoms with Gasteiger partial charge in [-0.2, -0.15) is 0 Å². The first-order chi connectivity index (χ1) is 5.74. The van der Waals surface area contributed by atoms with Crippen LogP contribution in [0.1, 0.15) is 25.6 Å². The highest BCUT2D eigenvalue weighted by molar-refractivity contribution is 5.03. The lowest BCUT2D eigenvalue weighted by Gasteiger charge is -2.15. The van der Waals surface area contributed by atoms with Gasteiger partial charge in [0.2, 0.25) is 0 Å². The highest BCUT2D eigenvalue weighted by Gasteiger charge is 2.09. The fraction of sp³-hybridized carbons (Fsp3) is 0.556. The Morgan fingerprint density at radius 2 is 2.33 bits per heavy atom. The second kappa shape index (κ2) is 4.28. The van der Waals surface area contributed by atoms with E-state index >= 15 is 0 Å². The minimum atomic E-state index is 0.102. The summed E-state index contributed by atoms with van der Waals surface area (Å²) in [7, 11) is 0. The van der Waals surface area contributed by atoms with E-state index in [1.54, 1.807) is 6.26 Å². The van der Waals surface area contributed by atoms with Gasteiger partial charge in [0.25, 0.3) is 0 Å². The second-order valence-electron chi connectivity index (χ2n) is 2.99. The summed E-state index contributed by atoms with van der Waals surface area (Å²) in [6, 6.07) is 4.03. The molecule has 2 N–H and O–H groups in total. The molecule has 1 aromatic heterocycles. The number of aliphatic hydroxyl groups is 1. The van der Waals surface area contributed by atoms with Crippen LogP contribution < -0.4 is 5.32 Å². The van der Waals surface area contributed by atoms with Gasteiger partial charge >= 0.3 is 0 Å². The Balaban J connectivity index is 2.44. The van der Waals surface area contributed by atoms with E-state index in [1.165, 1.54) is 0 Å². The number of nitrogens with one attached hydrogen (secondary N) is 1. The summed E-state index contributed by atoms with van der Waals surface area (Å²) in [5, 5.41) is 12.0. The van der Waals surface area contributed by atoms with Gasteiger partial charge in [-0.1, -0.05) is 0 Å². The highest BCUT2D eigenvalue weighted by atomic mass is 16.3. The summed E-state index contributed by atoms with van der Waals surface area (Å²) in [5.74, 6) is 0.898. The molecule has 3 nitrogen and oxygen atoms in total. The molecule has 0 bridgehead atoms. The van der Waals surface area contributed by atoms with Crippen molar-refractivity contribution in [3.8, 4) is 0 Å². The van der Waals surface area contributed by atoms with Crippen LogP contribution in [0.4, 0.5) is 0 Å². The molecule has 3 heteroatoms. The molecule has 0 saturated heterocycles. The quantitative estimate of drug-likeness (QED) is 0.714. The van der Waals surface area contributed by atoms with Gasteiger partial charge in [0, 0.05) is 6.04 Å². The Morgan fingerprint density at radius 3 is 2.83 bits per heavy atom. The molecule has 12 heavy (non-hydrogen) atoms. The Morgan fingerprint density at radius 1 is 1.58 bits per heavy atom. The molecule has 1 aromatic rings. The third kappa shape index (κ3) is 2.36. The van der Waals surface area contributed by atoms with Crippen LogP contribution in [0, 0.1) is 0 Å². The topological polar surface area (TPSA) is 45.4 Å². The third-order valence-corrected chi connectivity index (χ3v) is 1.78. The van der Waals surface area contributed by atoms with Crippen LogP contribution in [-0.2, 0) is 0 Å². The molecule has 0 aliphatic rings. The summed E-state index contributed by atoms with van der Waals surface area (Å²) in [4.78, 5) is 0. The smallest absolute Gasteiger partial charge is 0.120 e. The second-order valence-corrected chi connectivity index (χ2v) is 2.99. The number of furan rings is 1. The normalized spacial score (nSPS) is 15.9. The molecule has 68 valence electrons. The number of hydrogen-bond donors (Lipinski definition) is 2. The van der Waals surface area contributed by atoms with Crippen molar-refractivity contribution in [2.75, 3.05) is 6.61 Å². The van der Waals surface area contributed by atoms with Gasteiger partial charge < -0.3 is 14.8 Å². The largest absolute Gasteiger partial charge is 0.468 e. The fourth-order valence-corrected chi connectivity index (χ4v) is 1.10. The molecule has 0 aliphatic carbocycles. The molecule has 1 rings (SSSR count). The van der Waals surface area contributed by atoms with E-state index in [1.807, 2.05) is 26.0 Å². The van der Waals surface area contributed by atoms with Crippen molar-refractivity contribution in [1.29, 1.82) is 0 Å². The average Bonchev–Trinajstić information content (AvgIpc) is 2.56. The first-order valence-electron chi connectivity index (χ1n) is 4.14. The minimum Gasteiger partial charge on any atom is -0.468 e.